The second-order valence-corrected chi connectivity index (χ2v) is 5.76. The fraction of sp³-hybridized carbons (Fsp3) is 0.0500. The van der Waals surface area contributed by atoms with Crippen molar-refractivity contribution in [1.29, 1.82) is 5.26 Å². The van der Waals surface area contributed by atoms with Gasteiger partial charge >= 0.3 is 0 Å². The van der Waals surface area contributed by atoms with E-state index >= 15 is 0 Å². The number of nitrogens with zero attached hydrogens (tertiary/aromatic N) is 5. The third kappa shape index (κ3) is 2.72. The van der Waals surface area contributed by atoms with Crippen molar-refractivity contribution in [2.75, 3.05) is 0 Å². The van der Waals surface area contributed by atoms with E-state index in [9.17, 15) is 10.2 Å². The van der Waals surface area contributed by atoms with Gasteiger partial charge in [0.05, 0.1) is 29.2 Å². The molecule has 6 nitrogen and oxygen atoms in total. The fourth-order valence-electron chi connectivity index (χ4n) is 2.95. The van der Waals surface area contributed by atoms with Crippen molar-refractivity contribution in [3.8, 4) is 28.5 Å². The molecule has 2 heterocycles. The molecule has 4 rings (SSSR count). The highest BCUT2D eigenvalue weighted by molar-refractivity contribution is 5.75. The second kappa shape index (κ2) is 6.57. The predicted octanol–water partition coefficient (Wildman–Crippen LogP) is 4.20. The molecule has 0 radical (unpaired) electrons. The molecule has 124 valence electrons. The Morgan fingerprint density at radius 1 is 1.08 bits per heavy atom. The summed E-state index contributed by atoms with van der Waals surface area (Å²) in [6, 6.07) is 19.5. The van der Waals surface area contributed by atoms with Gasteiger partial charge < -0.3 is 0 Å². The van der Waals surface area contributed by atoms with E-state index in [1.54, 1.807) is 12.3 Å². The molecular formula is C20H13N5O. The quantitative estimate of drug-likeness (QED) is 0.522. The number of benzene rings is 2. The molecule has 0 saturated carbocycles. The van der Waals surface area contributed by atoms with Crippen molar-refractivity contribution in [3.05, 3.63) is 83.2 Å². The van der Waals surface area contributed by atoms with Crippen LogP contribution in [0.1, 0.15) is 11.3 Å². The van der Waals surface area contributed by atoms with Gasteiger partial charge in [-0.2, -0.15) is 10.2 Å². The normalized spacial score (nSPS) is 10.6. The standard InChI is InChI=1S/C20H13N5O/c21-11-16-4-1-2-7-18(16)14-5-3-6-15(10-14)19-13-22-20-24-17(12-23-26)8-9-25(19)20/h1-10,13H,12H2. The molecule has 6 heteroatoms. The van der Waals surface area contributed by atoms with Crippen LogP contribution in [0.2, 0.25) is 0 Å². The van der Waals surface area contributed by atoms with Crippen molar-refractivity contribution < 1.29 is 0 Å². The summed E-state index contributed by atoms with van der Waals surface area (Å²) in [5.74, 6) is 0.518. The predicted molar refractivity (Wildman–Crippen MR) is 98.1 cm³/mol. The minimum atomic E-state index is 0.0269. The number of nitroso groups, excluding NO2 is 1. The van der Waals surface area contributed by atoms with E-state index in [0.717, 1.165) is 22.4 Å². The minimum absolute atomic E-state index is 0.0269. The molecule has 0 aliphatic carbocycles. The van der Waals surface area contributed by atoms with Gasteiger partial charge in [-0.25, -0.2) is 9.97 Å². The van der Waals surface area contributed by atoms with Gasteiger partial charge in [-0.15, -0.1) is 0 Å². The highest BCUT2D eigenvalue weighted by Crippen LogP contribution is 2.28. The Kier molecular flexibility index (Phi) is 3.96. The summed E-state index contributed by atoms with van der Waals surface area (Å²) in [4.78, 5) is 19.1. The number of imidazole rings is 1. The van der Waals surface area contributed by atoms with Crippen molar-refractivity contribution in [3.63, 3.8) is 0 Å². The molecule has 0 aliphatic heterocycles. The summed E-state index contributed by atoms with van der Waals surface area (Å²) < 4.78 is 1.86. The topological polar surface area (TPSA) is 83.4 Å². The average molecular weight is 339 g/mol. The maximum Gasteiger partial charge on any atom is 0.234 e. The Hall–Kier alpha value is -3.85. The van der Waals surface area contributed by atoms with Gasteiger partial charge in [-0.1, -0.05) is 41.6 Å². The first-order valence-corrected chi connectivity index (χ1v) is 8.02. The van der Waals surface area contributed by atoms with Crippen LogP contribution in [-0.4, -0.2) is 14.4 Å². The number of hydrogen-bond acceptors (Lipinski definition) is 5. The number of fused-ring (bicyclic) bond motifs is 1. The summed E-state index contributed by atoms with van der Waals surface area (Å²) in [6.45, 7) is 0.0269. The molecule has 0 saturated heterocycles. The summed E-state index contributed by atoms with van der Waals surface area (Å²) in [5.41, 5.74) is 4.92. The third-order valence-electron chi connectivity index (χ3n) is 4.18. The maximum atomic E-state index is 10.4. The highest BCUT2D eigenvalue weighted by Gasteiger charge is 2.10. The number of rotatable bonds is 4. The van der Waals surface area contributed by atoms with E-state index in [1.807, 2.05) is 59.1 Å². The Bertz CT molecular complexity index is 1160. The van der Waals surface area contributed by atoms with Crippen molar-refractivity contribution in [1.82, 2.24) is 14.4 Å². The van der Waals surface area contributed by atoms with Crippen LogP contribution >= 0.6 is 0 Å². The largest absolute Gasteiger partial charge is 0.284 e. The molecule has 0 atom stereocenters. The van der Waals surface area contributed by atoms with Crippen LogP contribution in [0.25, 0.3) is 28.2 Å². The van der Waals surface area contributed by atoms with E-state index in [1.165, 1.54) is 0 Å². The lowest BCUT2D eigenvalue weighted by atomic mass is 9.98. The van der Waals surface area contributed by atoms with E-state index < -0.39 is 0 Å². The Morgan fingerprint density at radius 3 is 2.77 bits per heavy atom. The van der Waals surface area contributed by atoms with E-state index in [4.69, 9.17) is 0 Å². The SMILES string of the molecule is N#Cc1ccccc1-c1cccc(-c2cnc3nc(CN=O)ccn23)c1. The highest BCUT2D eigenvalue weighted by atomic mass is 16.3. The van der Waals surface area contributed by atoms with Gasteiger partial charge in [-0.05, 0) is 29.3 Å². The monoisotopic (exact) mass is 339 g/mol. The zero-order valence-corrected chi connectivity index (χ0v) is 13.7. The number of hydrogen-bond donors (Lipinski definition) is 0. The van der Waals surface area contributed by atoms with Crippen LogP contribution in [-0.2, 0) is 6.54 Å². The van der Waals surface area contributed by atoms with Crippen molar-refractivity contribution >= 4 is 5.78 Å². The smallest absolute Gasteiger partial charge is 0.234 e. The molecule has 26 heavy (non-hydrogen) atoms. The molecule has 0 bridgehead atoms. The van der Waals surface area contributed by atoms with E-state index in [2.05, 4.69) is 21.2 Å². The molecule has 0 N–H and O–H groups in total. The number of nitriles is 1. The molecule has 0 spiro atoms. The zero-order valence-electron chi connectivity index (χ0n) is 13.7. The molecule has 0 aliphatic rings. The van der Waals surface area contributed by atoms with Gasteiger partial charge in [0.25, 0.3) is 0 Å². The molecular weight excluding hydrogens is 326 g/mol. The minimum Gasteiger partial charge on any atom is -0.284 e. The first-order chi connectivity index (χ1) is 12.8. The van der Waals surface area contributed by atoms with Crippen LogP contribution in [0.15, 0.2) is 72.2 Å². The lowest BCUT2D eigenvalue weighted by Crippen LogP contribution is -1.95. The van der Waals surface area contributed by atoms with Crippen LogP contribution in [0.5, 0.6) is 0 Å². The Balaban J connectivity index is 1.81. The van der Waals surface area contributed by atoms with Crippen LogP contribution in [0.4, 0.5) is 0 Å². The van der Waals surface area contributed by atoms with Crippen LogP contribution < -0.4 is 0 Å². The molecule has 4 aromatic rings. The fourth-order valence-corrected chi connectivity index (χ4v) is 2.95. The third-order valence-corrected chi connectivity index (χ3v) is 4.18. The molecule has 2 aromatic heterocycles. The van der Waals surface area contributed by atoms with Gasteiger partial charge in [0.15, 0.2) is 0 Å². The summed E-state index contributed by atoms with van der Waals surface area (Å²) in [7, 11) is 0. The lowest BCUT2D eigenvalue weighted by Gasteiger charge is -2.07. The summed E-state index contributed by atoms with van der Waals surface area (Å²) >= 11 is 0. The lowest BCUT2D eigenvalue weighted by molar-refractivity contribution is 0.957. The van der Waals surface area contributed by atoms with E-state index in [0.29, 0.717) is 17.0 Å². The Labute approximate surface area is 149 Å². The van der Waals surface area contributed by atoms with Crippen LogP contribution in [0.3, 0.4) is 0 Å². The maximum absolute atomic E-state index is 10.4. The van der Waals surface area contributed by atoms with Gasteiger partial charge in [0, 0.05) is 11.8 Å². The Morgan fingerprint density at radius 2 is 1.92 bits per heavy atom. The molecule has 2 aromatic carbocycles. The van der Waals surface area contributed by atoms with Gasteiger partial charge in [-0.3, -0.25) is 4.40 Å². The molecule has 0 amide bonds. The zero-order chi connectivity index (χ0) is 17.9. The number of aromatic nitrogens is 3. The first kappa shape index (κ1) is 15.7. The summed E-state index contributed by atoms with van der Waals surface area (Å²) in [6.07, 6.45) is 3.58. The van der Waals surface area contributed by atoms with Gasteiger partial charge in [0.2, 0.25) is 5.78 Å². The average Bonchev–Trinajstić information content (AvgIpc) is 3.11. The van der Waals surface area contributed by atoms with E-state index in [-0.39, 0.29) is 6.54 Å². The first-order valence-electron chi connectivity index (χ1n) is 8.02. The molecule has 0 unspecified atom stereocenters. The van der Waals surface area contributed by atoms with Crippen molar-refractivity contribution in [2.24, 2.45) is 5.18 Å². The van der Waals surface area contributed by atoms with Gasteiger partial charge in [0.1, 0.15) is 6.54 Å². The van der Waals surface area contributed by atoms with Crippen LogP contribution in [0, 0.1) is 16.2 Å². The second-order valence-electron chi connectivity index (χ2n) is 5.76. The molecule has 0 fully saturated rings. The summed E-state index contributed by atoms with van der Waals surface area (Å²) in [5, 5.41) is 12.2. The van der Waals surface area contributed by atoms with Crippen molar-refractivity contribution in [2.45, 2.75) is 6.54 Å².